The first-order valence-electron chi connectivity index (χ1n) is 11.5. The molecule has 0 unspecified atom stereocenters. The highest BCUT2D eigenvalue weighted by atomic mass is 35.5. The van der Waals surface area contributed by atoms with Gasteiger partial charge in [0.1, 0.15) is 11.5 Å². The summed E-state index contributed by atoms with van der Waals surface area (Å²) >= 11 is 5.82. The van der Waals surface area contributed by atoms with Crippen LogP contribution in [0, 0.1) is 5.82 Å². The van der Waals surface area contributed by atoms with Crippen molar-refractivity contribution in [1.82, 2.24) is 9.47 Å². The van der Waals surface area contributed by atoms with Crippen molar-refractivity contribution in [2.45, 2.75) is 23.8 Å². The molecule has 0 amide bonds. The number of nitrogens with two attached hydrogens (primary N) is 1. The SMILES string of the molecule is N/C(=N\S(=O)(=O)c1ccc(Cl)cc1)N1CCN(c2cc3c(cc2F)c(=O)cc(C(=O)O)n3C2CC2)CC1. The molecule has 13 heteroatoms. The number of halogens is 2. The largest absolute Gasteiger partial charge is 0.477 e. The number of carboxylic acid groups (broad SMARTS) is 1. The number of aromatic carboxylic acids is 1. The standard InChI is InChI=1S/C24H23ClFN5O5S/c25-14-1-5-16(6-2-14)37(35,36)28-24(27)30-9-7-29(8-10-30)20-12-19-17(11-18(20)26)22(32)13-21(23(33)34)31(19)15-3-4-15/h1-2,5-6,11-13,15H,3-4,7-10H2,(H2,27,28)(H,33,34). The van der Waals surface area contributed by atoms with Gasteiger partial charge in [-0.05, 0) is 49.2 Å². The van der Waals surface area contributed by atoms with Crippen LogP contribution in [0.4, 0.5) is 10.1 Å². The molecule has 37 heavy (non-hydrogen) atoms. The summed E-state index contributed by atoms with van der Waals surface area (Å²) in [4.78, 5) is 27.6. The Morgan fingerprint density at radius 3 is 2.32 bits per heavy atom. The fraction of sp³-hybridized carbons (Fsp3) is 0.292. The number of sulfonamides is 1. The highest BCUT2D eigenvalue weighted by Gasteiger charge is 2.30. The van der Waals surface area contributed by atoms with Crippen LogP contribution < -0.4 is 16.1 Å². The van der Waals surface area contributed by atoms with Crippen LogP contribution in [0.2, 0.25) is 5.02 Å². The van der Waals surface area contributed by atoms with E-state index >= 15 is 4.39 Å². The minimum absolute atomic E-state index is 0.0424. The molecule has 0 spiro atoms. The molecule has 10 nitrogen and oxygen atoms in total. The molecular formula is C24H23ClFN5O5S. The molecule has 194 valence electrons. The third kappa shape index (κ3) is 4.86. The average molecular weight is 548 g/mol. The van der Waals surface area contributed by atoms with Crippen LogP contribution in [0.3, 0.4) is 0 Å². The van der Waals surface area contributed by atoms with Crippen molar-refractivity contribution >= 4 is 50.1 Å². The van der Waals surface area contributed by atoms with Crippen molar-refractivity contribution < 1.29 is 22.7 Å². The van der Waals surface area contributed by atoms with Gasteiger partial charge in [0.25, 0.3) is 10.0 Å². The summed E-state index contributed by atoms with van der Waals surface area (Å²) in [6, 6.07) is 9.23. The van der Waals surface area contributed by atoms with Crippen LogP contribution in [-0.2, 0) is 10.0 Å². The molecule has 2 fully saturated rings. The number of guanidine groups is 1. The molecule has 2 heterocycles. The van der Waals surface area contributed by atoms with Gasteiger partial charge in [-0.1, -0.05) is 11.6 Å². The zero-order valence-corrected chi connectivity index (χ0v) is 21.0. The number of fused-ring (bicyclic) bond motifs is 1. The monoisotopic (exact) mass is 547 g/mol. The second-order valence-corrected chi connectivity index (χ2v) is 11.0. The van der Waals surface area contributed by atoms with Gasteiger partial charge < -0.3 is 25.2 Å². The van der Waals surface area contributed by atoms with Crippen molar-refractivity contribution in [3.63, 3.8) is 0 Å². The van der Waals surface area contributed by atoms with Crippen molar-refractivity contribution in [2.75, 3.05) is 31.1 Å². The third-order valence-corrected chi connectivity index (χ3v) is 8.07. The van der Waals surface area contributed by atoms with Gasteiger partial charge in [0.2, 0.25) is 5.96 Å². The fourth-order valence-corrected chi connectivity index (χ4v) is 5.57. The maximum atomic E-state index is 15.1. The number of benzene rings is 2. The van der Waals surface area contributed by atoms with Gasteiger partial charge in [-0.15, -0.1) is 4.40 Å². The highest BCUT2D eigenvalue weighted by molar-refractivity contribution is 7.90. The molecule has 3 aromatic rings. The highest BCUT2D eigenvalue weighted by Crippen LogP contribution is 2.39. The van der Waals surface area contributed by atoms with Crippen molar-refractivity contribution in [2.24, 2.45) is 10.1 Å². The van der Waals surface area contributed by atoms with Gasteiger partial charge in [0.15, 0.2) is 5.43 Å². The number of rotatable bonds is 5. The molecule has 1 aromatic heterocycles. The van der Waals surface area contributed by atoms with Gasteiger partial charge in [0, 0.05) is 48.7 Å². The fourth-order valence-electron chi connectivity index (χ4n) is 4.50. The Kier molecular flexibility index (Phi) is 6.32. The smallest absolute Gasteiger partial charge is 0.352 e. The van der Waals surface area contributed by atoms with Crippen molar-refractivity contribution in [3.8, 4) is 0 Å². The maximum Gasteiger partial charge on any atom is 0.352 e. The van der Waals surface area contributed by atoms with Gasteiger partial charge in [-0.2, -0.15) is 8.42 Å². The molecular weight excluding hydrogens is 525 g/mol. The number of piperazine rings is 1. The molecule has 1 aliphatic heterocycles. The van der Waals surface area contributed by atoms with E-state index in [1.165, 1.54) is 30.3 Å². The summed E-state index contributed by atoms with van der Waals surface area (Å²) in [7, 11) is -4.04. The molecule has 0 bridgehead atoms. The summed E-state index contributed by atoms with van der Waals surface area (Å²) in [6.07, 6.45) is 1.56. The first-order valence-corrected chi connectivity index (χ1v) is 13.3. The van der Waals surface area contributed by atoms with Crippen LogP contribution in [-0.4, -0.2) is 61.1 Å². The van der Waals surface area contributed by atoms with E-state index in [-0.39, 0.29) is 46.8 Å². The lowest BCUT2D eigenvalue weighted by Gasteiger charge is -2.36. The Hall–Kier alpha value is -3.64. The van der Waals surface area contributed by atoms with E-state index in [0.717, 1.165) is 25.0 Å². The number of carboxylic acids is 1. The molecule has 1 aliphatic carbocycles. The lowest BCUT2D eigenvalue weighted by Crippen LogP contribution is -2.51. The first kappa shape index (κ1) is 25.0. The van der Waals surface area contributed by atoms with E-state index in [1.54, 1.807) is 14.4 Å². The second kappa shape index (κ2) is 9.34. The van der Waals surface area contributed by atoms with Gasteiger partial charge in [-0.3, -0.25) is 4.79 Å². The van der Waals surface area contributed by atoms with Crippen LogP contribution in [0.1, 0.15) is 29.4 Å². The van der Waals surface area contributed by atoms with E-state index < -0.39 is 27.2 Å². The number of nitrogens with zero attached hydrogens (tertiary/aromatic N) is 4. The summed E-state index contributed by atoms with van der Waals surface area (Å²) in [5.74, 6) is -1.99. The number of aromatic nitrogens is 1. The van der Waals surface area contributed by atoms with Crippen LogP contribution in [0.15, 0.2) is 56.6 Å². The number of carbonyl (C=O) groups is 1. The van der Waals surface area contributed by atoms with Crippen molar-refractivity contribution in [3.05, 3.63) is 69.2 Å². The van der Waals surface area contributed by atoms with E-state index in [0.29, 0.717) is 23.6 Å². The molecule has 3 N–H and O–H groups in total. The second-order valence-electron chi connectivity index (χ2n) is 8.97. The van der Waals surface area contributed by atoms with E-state index in [2.05, 4.69) is 4.40 Å². The Labute approximate surface area is 216 Å². The quantitative estimate of drug-likeness (QED) is 0.367. The van der Waals surface area contributed by atoms with E-state index in [1.807, 2.05) is 0 Å². The summed E-state index contributed by atoms with van der Waals surface area (Å²) in [5.41, 5.74) is 5.93. The predicted molar refractivity (Wildman–Crippen MR) is 137 cm³/mol. The van der Waals surface area contributed by atoms with Crippen LogP contribution in [0.5, 0.6) is 0 Å². The van der Waals surface area contributed by atoms with E-state index in [9.17, 15) is 23.1 Å². The van der Waals surface area contributed by atoms with Gasteiger partial charge in [-0.25, -0.2) is 9.18 Å². The minimum atomic E-state index is -4.04. The minimum Gasteiger partial charge on any atom is -0.477 e. The van der Waals surface area contributed by atoms with Crippen molar-refractivity contribution in [1.29, 1.82) is 0 Å². The molecule has 0 radical (unpaired) electrons. The van der Waals surface area contributed by atoms with Gasteiger partial charge in [0.05, 0.1) is 16.1 Å². The number of anilines is 1. The Morgan fingerprint density at radius 1 is 1.08 bits per heavy atom. The zero-order valence-electron chi connectivity index (χ0n) is 19.5. The molecule has 1 saturated heterocycles. The normalized spacial score (nSPS) is 16.9. The maximum absolute atomic E-state index is 15.1. The van der Waals surface area contributed by atoms with Crippen LogP contribution >= 0.6 is 11.6 Å². The Morgan fingerprint density at radius 2 is 1.73 bits per heavy atom. The number of hydrogen-bond acceptors (Lipinski definition) is 5. The first-order chi connectivity index (χ1) is 17.5. The molecule has 2 aromatic carbocycles. The third-order valence-electron chi connectivity index (χ3n) is 6.52. The molecule has 5 rings (SSSR count). The number of hydrogen-bond donors (Lipinski definition) is 2. The topological polar surface area (TPSA) is 138 Å². The van der Waals surface area contributed by atoms with Crippen LogP contribution in [0.25, 0.3) is 10.9 Å². The lowest BCUT2D eigenvalue weighted by atomic mass is 10.1. The summed E-state index contributed by atoms with van der Waals surface area (Å²) in [6.45, 7) is 1.14. The van der Waals surface area contributed by atoms with E-state index in [4.69, 9.17) is 17.3 Å². The Balaban J connectivity index is 1.40. The molecule has 1 saturated carbocycles. The molecule has 0 atom stereocenters. The average Bonchev–Trinajstić information content (AvgIpc) is 3.69. The molecule has 2 aliphatic rings. The number of pyridine rings is 1. The predicted octanol–water partition coefficient (Wildman–Crippen LogP) is 2.65. The summed E-state index contributed by atoms with van der Waals surface area (Å²) < 4.78 is 45.6. The zero-order chi connectivity index (χ0) is 26.5. The van der Waals surface area contributed by atoms with Gasteiger partial charge >= 0.3 is 5.97 Å². The Bertz CT molecular complexity index is 1590. The summed E-state index contributed by atoms with van der Waals surface area (Å²) in [5, 5.41) is 10.1. The lowest BCUT2D eigenvalue weighted by molar-refractivity contribution is 0.0684.